The van der Waals surface area contributed by atoms with Gasteiger partial charge in [-0.25, -0.2) is 9.97 Å². The van der Waals surface area contributed by atoms with E-state index >= 15 is 0 Å². The second-order valence-electron chi connectivity index (χ2n) is 7.51. The number of nitrogen functional groups attached to an aromatic ring is 1. The maximum absolute atomic E-state index is 11.0. The lowest BCUT2D eigenvalue weighted by molar-refractivity contribution is 0.0280. The number of aryl methyl sites for hydroxylation is 2. The van der Waals surface area contributed by atoms with Crippen LogP contribution in [-0.2, 0) is 30.7 Å². The van der Waals surface area contributed by atoms with Crippen LogP contribution in [0.25, 0.3) is 11.0 Å². The number of rotatable bonds is 5. The van der Waals surface area contributed by atoms with Gasteiger partial charge in [-0.05, 0) is 51.0 Å². The highest BCUT2D eigenvalue weighted by Crippen LogP contribution is 2.36. The molecule has 136 valence electrons. The van der Waals surface area contributed by atoms with Gasteiger partial charge in [-0.3, -0.25) is 0 Å². The summed E-state index contributed by atoms with van der Waals surface area (Å²) in [5, 5.41) is 11.0. The normalized spacial score (nSPS) is 19.4. The molecule has 25 heavy (non-hydrogen) atoms. The highest BCUT2D eigenvalue weighted by molar-refractivity contribution is 5.89. The topological polar surface area (TPSA) is 86.2 Å². The van der Waals surface area contributed by atoms with E-state index in [0.717, 1.165) is 67.5 Å². The summed E-state index contributed by atoms with van der Waals surface area (Å²) in [7, 11) is 0. The minimum atomic E-state index is -0.645. The van der Waals surface area contributed by atoms with Crippen molar-refractivity contribution in [3.8, 4) is 0 Å². The summed E-state index contributed by atoms with van der Waals surface area (Å²) in [5.74, 6) is 1.36. The molecule has 0 radical (unpaired) electrons. The lowest BCUT2D eigenvalue weighted by Crippen LogP contribution is -2.31. The molecule has 2 heterocycles. The van der Waals surface area contributed by atoms with E-state index in [0.29, 0.717) is 25.6 Å². The summed E-state index contributed by atoms with van der Waals surface area (Å²) in [6.45, 7) is 3.63. The number of ether oxygens (including phenoxy) is 1. The molecule has 0 saturated heterocycles. The molecule has 2 aliphatic rings. The molecule has 0 aliphatic heterocycles. The van der Waals surface area contributed by atoms with Crippen LogP contribution in [0.15, 0.2) is 0 Å². The van der Waals surface area contributed by atoms with E-state index < -0.39 is 5.60 Å². The lowest BCUT2D eigenvalue weighted by Gasteiger charge is -2.25. The summed E-state index contributed by atoms with van der Waals surface area (Å²) in [6.07, 6.45) is 8.20. The van der Waals surface area contributed by atoms with Crippen molar-refractivity contribution in [1.29, 1.82) is 0 Å². The van der Waals surface area contributed by atoms with Gasteiger partial charge in [0.1, 0.15) is 17.9 Å². The molecule has 0 aromatic carbocycles. The number of aliphatic hydroxyl groups is 1. The Morgan fingerprint density at radius 2 is 1.92 bits per heavy atom. The second kappa shape index (κ2) is 6.57. The highest BCUT2D eigenvalue weighted by atomic mass is 16.5. The van der Waals surface area contributed by atoms with Crippen LogP contribution >= 0.6 is 0 Å². The van der Waals surface area contributed by atoms with Crippen LogP contribution in [-0.4, -0.2) is 31.8 Å². The number of hydrogen-bond acceptors (Lipinski definition) is 5. The van der Waals surface area contributed by atoms with Gasteiger partial charge in [0.05, 0.1) is 17.7 Å². The highest BCUT2D eigenvalue weighted by Gasteiger charge is 2.34. The van der Waals surface area contributed by atoms with Gasteiger partial charge in [0, 0.05) is 12.3 Å². The number of nitrogens with zero attached hydrogens (tertiary/aromatic N) is 3. The fraction of sp³-hybridized carbons (Fsp3) is 0.684. The third-order valence-corrected chi connectivity index (χ3v) is 5.69. The van der Waals surface area contributed by atoms with Crippen LogP contribution in [0.5, 0.6) is 0 Å². The van der Waals surface area contributed by atoms with Gasteiger partial charge in [0.15, 0.2) is 5.82 Å². The standard InChI is InChI=1S/C19H28N4O2/c1-2-25-11-15-22-16-17(23(15)12-19(24)9-5-6-10-19)13-7-3-4-8-14(13)21-18(16)20/h24H,2-12H2,1H3,(H2,20,21). The fourth-order valence-electron chi connectivity index (χ4n) is 4.41. The molecule has 3 N–H and O–H groups in total. The van der Waals surface area contributed by atoms with E-state index in [1.165, 1.54) is 12.0 Å². The average Bonchev–Trinajstić information content (AvgIpc) is 3.18. The van der Waals surface area contributed by atoms with Crippen LogP contribution in [0.1, 0.15) is 62.5 Å². The molecule has 0 spiro atoms. The quantitative estimate of drug-likeness (QED) is 0.871. The molecule has 0 bridgehead atoms. The molecule has 6 heteroatoms. The fourth-order valence-corrected chi connectivity index (χ4v) is 4.41. The smallest absolute Gasteiger partial charge is 0.151 e. The molecular weight excluding hydrogens is 316 g/mol. The molecule has 0 unspecified atom stereocenters. The van der Waals surface area contributed by atoms with Gasteiger partial charge in [-0.15, -0.1) is 0 Å². The Balaban J connectivity index is 1.87. The third kappa shape index (κ3) is 3.02. The maximum atomic E-state index is 11.0. The Labute approximate surface area is 148 Å². The Morgan fingerprint density at radius 1 is 1.16 bits per heavy atom. The van der Waals surface area contributed by atoms with Gasteiger partial charge in [0.2, 0.25) is 0 Å². The van der Waals surface area contributed by atoms with Crippen molar-refractivity contribution in [2.24, 2.45) is 0 Å². The summed E-state index contributed by atoms with van der Waals surface area (Å²) >= 11 is 0. The molecule has 0 amide bonds. The van der Waals surface area contributed by atoms with Crippen molar-refractivity contribution < 1.29 is 9.84 Å². The average molecular weight is 344 g/mol. The van der Waals surface area contributed by atoms with Gasteiger partial charge in [-0.2, -0.15) is 0 Å². The van der Waals surface area contributed by atoms with Crippen molar-refractivity contribution in [2.45, 2.75) is 77.0 Å². The molecule has 0 atom stereocenters. The SMILES string of the molecule is CCOCc1nc2c(N)nc3c(c2n1CC1(O)CCCC1)CCCC3. The molecule has 6 nitrogen and oxygen atoms in total. The van der Waals surface area contributed by atoms with Crippen molar-refractivity contribution in [1.82, 2.24) is 14.5 Å². The van der Waals surface area contributed by atoms with E-state index in [2.05, 4.69) is 9.55 Å². The van der Waals surface area contributed by atoms with E-state index in [1.54, 1.807) is 0 Å². The molecule has 2 aromatic rings. The van der Waals surface area contributed by atoms with Crippen LogP contribution < -0.4 is 5.73 Å². The van der Waals surface area contributed by atoms with Crippen molar-refractivity contribution in [2.75, 3.05) is 12.3 Å². The number of pyridine rings is 1. The number of anilines is 1. The zero-order valence-corrected chi connectivity index (χ0v) is 15.1. The summed E-state index contributed by atoms with van der Waals surface area (Å²) in [4.78, 5) is 9.39. The molecule has 1 fully saturated rings. The number of imidazole rings is 1. The van der Waals surface area contributed by atoms with Crippen molar-refractivity contribution in [3.05, 3.63) is 17.1 Å². The third-order valence-electron chi connectivity index (χ3n) is 5.69. The molecular formula is C19H28N4O2. The van der Waals surface area contributed by atoms with Crippen molar-refractivity contribution in [3.63, 3.8) is 0 Å². The summed E-state index contributed by atoms with van der Waals surface area (Å²) in [6, 6.07) is 0. The van der Waals surface area contributed by atoms with Gasteiger partial charge >= 0.3 is 0 Å². The first kappa shape index (κ1) is 16.8. The Hall–Kier alpha value is -1.66. The number of aromatic nitrogens is 3. The Kier molecular flexibility index (Phi) is 4.41. The molecule has 4 rings (SSSR count). The summed E-state index contributed by atoms with van der Waals surface area (Å²) in [5.41, 5.74) is 9.83. The van der Waals surface area contributed by atoms with E-state index in [9.17, 15) is 5.11 Å². The molecule has 2 aliphatic carbocycles. The first-order valence-corrected chi connectivity index (χ1v) is 9.58. The second-order valence-corrected chi connectivity index (χ2v) is 7.51. The lowest BCUT2D eigenvalue weighted by atomic mass is 9.94. The maximum Gasteiger partial charge on any atom is 0.151 e. The van der Waals surface area contributed by atoms with Crippen LogP contribution in [0.2, 0.25) is 0 Å². The monoisotopic (exact) mass is 344 g/mol. The van der Waals surface area contributed by atoms with Crippen molar-refractivity contribution >= 4 is 16.9 Å². The predicted octanol–water partition coefficient (Wildman–Crippen LogP) is 2.73. The largest absolute Gasteiger partial charge is 0.388 e. The van der Waals surface area contributed by atoms with E-state index in [4.69, 9.17) is 15.5 Å². The first-order chi connectivity index (χ1) is 12.1. The first-order valence-electron chi connectivity index (χ1n) is 9.58. The van der Waals surface area contributed by atoms with Crippen LogP contribution in [0, 0.1) is 0 Å². The van der Waals surface area contributed by atoms with E-state index in [1.807, 2.05) is 6.92 Å². The van der Waals surface area contributed by atoms with Crippen LogP contribution in [0.4, 0.5) is 5.82 Å². The number of hydrogen-bond donors (Lipinski definition) is 2. The van der Waals surface area contributed by atoms with Gasteiger partial charge in [0.25, 0.3) is 0 Å². The Morgan fingerprint density at radius 3 is 2.68 bits per heavy atom. The van der Waals surface area contributed by atoms with Crippen LogP contribution in [0.3, 0.4) is 0 Å². The minimum absolute atomic E-state index is 0.440. The minimum Gasteiger partial charge on any atom is -0.388 e. The Bertz CT molecular complexity index is 778. The zero-order valence-electron chi connectivity index (χ0n) is 15.1. The number of nitrogens with two attached hydrogens (primary N) is 1. The summed E-state index contributed by atoms with van der Waals surface area (Å²) < 4.78 is 7.82. The van der Waals surface area contributed by atoms with E-state index in [-0.39, 0.29) is 0 Å². The predicted molar refractivity (Wildman–Crippen MR) is 97.3 cm³/mol. The van der Waals surface area contributed by atoms with Gasteiger partial charge in [-0.1, -0.05) is 12.8 Å². The molecule has 2 aromatic heterocycles. The zero-order chi connectivity index (χ0) is 17.4. The van der Waals surface area contributed by atoms with Gasteiger partial charge < -0.3 is 20.1 Å². The molecule has 1 saturated carbocycles. The number of fused-ring (bicyclic) bond motifs is 3.